The van der Waals surface area contributed by atoms with Crippen molar-refractivity contribution in [1.29, 1.82) is 5.26 Å². The first kappa shape index (κ1) is 29.2. The molecule has 2 aromatic heterocycles. The maximum absolute atomic E-state index is 14.2. The molecule has 2 aromatic carbocycles. The zero-order valence-electron chi connectivity index (χ0n) is 24.1. The summed E-state index contributed by atoms with van der Waals surface area (Å²) >= 11 is 0. The summed E-state index contributed by atoms with van der Waals surface area (Å²) in [6.45, 7) is 6.19. The first-order valence-corrected chi connectivity index (χ1v) is 14.1. The number of benzene rings is 2. The molecular weight excluding hydrogens is 544 g/mol. The van der Waals surface area contributed by atoms with Gasteiger partial charge >= 0.3 is 0 Å². The van der Waals surface area contributed by atoms with E-state index < -0.39 is 0 Å². The SMILES string of the molecule is CC(Nc1nc(N)ncc1C#N)C(C)c1nc2cccc(C#CCCC(=O)N3CCOCC3)c2c(=O)n1-c1ccccc1. The van der Waals surface area contributed by atoms with Crippen molar-refractivity contribution >= 4 is 28.6 Å². The molecule has 5 rings (SSSR count). The van der Waals surface area contributed by atoms with E-state index in [1.807, 2.05) is 50.2 Å². The number of carbonyl (C=O) groups is 1. The summed E-state index contributed by atoms with van der Waals surface area (Å²) in [7, 11) is 0. The van der Waals surface area contributed by atoms with E-state index in [9.17, 15) is 14.9 Å². The summed E-state index contributed by atoms with van der Waals surface area (Å²) in [5.74, 6) is 6.85. The molecule has 43 heavy (non-hydrogen) atoms. The van der Waals surface area contributed by atoms with Crippen LogP contribution in [-0.2, 0) is 9.53 Å². The Bertz CT molecular complexity index is 1800. The lowest BCUT2D eigenvalue weighted by Crippen LogP contribution is -2.40. The van der Waals surface area contributed by atoms with E-state index in [0.717, 1.165) is 0 Å². The molecule has 3 N–H and O–H groups in total. The Hall–Kier alpha value is -5.26. The van der Waals surface area contributed by atoms with Crippen molar-refractivity contribution in [3.63, 3.8) is 0 Å². The Balaban J connectivity index is 1.50. The Morgan fingerprint density at radius 2 is 1.86 bits per heavy atom. The molecule has 2 unspecified atom stereocenters. The highest BCUT2D eigenvalue weighted by Gasteiger charge is 2.24. The predicted molar refractivity (Wildman–Crippen MR) is 164 cm³/mol. The zero-order valence-corrected chi connectivity index (χ0v) is 24.1. The average molecular weight is 577 g/mol. The minimum Gasteiger partial charge on any atom is -0.378 e. The van der Waals surface area contributed by atoms with Gasteiger partial charge in [-0.15, -0.1) is 0 Å². The molecule has 0 saturated carbocycles. The molecule has 1 fully saturated rings. The van der Waals surface area contributed by atoms with Gasteiger partial charge in [0.15, 0.2) is 0 Å². The number of nitrogen functional groups attached to an aromatic ring is 1. The van der Waals surface area contributed by atoms with E-state index in [1.165, 1.54) is 6.20 Å². The van der Waals surface area contributed by atoms with E-state index in [2.05, 4.69) is 33.2 Å². The highest BCUT2D eigenvalue weighted by atomic mass is 16.5. The summed E-state index contributed by atoms with van der Waals surface area (Å²) in [5.41, 5.74) is 7.52. The number of morpholine rings is 1. The van der Waals surface area contributed by atoms with E-state index in [1.54, 1.807) is 21.6 Å². The number of amides is 1. The van der Waals surface area contributed by atoms with Gasteiger partial charge in [0.2, 0.25) is 11.9 Å². The molecule has 218 valence electrons. The van der Waals surface area contributed by atoms with Gasteiger partial charge < -0.3 is 20.7 Å². The van der Waals surface area contributed by atoms with Gasteiger partial charge in [-0.1, -0.05) is 43.0 Å². The van der Waals surface area contributed by atoms with E-state index >= 15 is 0 Å². The molecule has 3 heterocycles. The molecule has 11 heteroatoms. The molecule has 0 bridgehead atoms. The molecule has 0 spiro atoms. The van der Waals surface area contributed by atoms with Crippen LogP contribution in [0.3, 0.4) is 0 Å². The number of nitrogens with two attached hydrogens (primary N) is 1. The van der Waals surface area contributed by atoms with E-state index in [-0.39, 0.29) is 34.9 Å². The number of para-hydroxylation sites is 1. The van der Waals surface area contributed by atoms with Gasteiger partial charge in [-0.2, -0.15) is 10.2 Å². The van der Waals surface area contributed by atoms with Crippen LogP contribution < -0.4 is 16.6 Å². The van der Waals surface area contributed by atoms with Gasteiger partial charge in [0.05, 0.1) is 36.0 Å². The molecule has 0 aliphatic carbocycles. The van der Waals surface area contributed by atoms with Crippen LogP contribution in [0, 0.1) is 23.2 Å². The molecule has 0 radical (unpaired) electrons. The molecule has 1 amide bonds. The molecule has 1 saturated heterocycles. The van der Waals surface area contributed by atoms with Crippen LogP contribution in [0.5, 0.6) is 0 Å². The Labute approximate surface area is 249 Å². The minimum atomic E-state index is -0.305. The number of anilines is 2. The Morgan fingerprint density at radius 1 is 1.09 bits per heavy atom. The summed E-state index contributed by atoms with van der Waals surface area (Å²) in [4.78, 5) is 41.6. The monoisotopic (exact) mass is 576 g/mol. The van der Waals surface area contributed by atoms with Gasteiger partial charge in [-0.25, -0.2) is 9.97 Å². The number of fused-ring (bicyclic) bond motifs is 1. The summed E-state index contributed by atoms with van der Waals surface area (Å²) < 4.78 is 6.93. The van der Waals surface area contributed by atoms with Crippen molar-refractivity contribution in [2.45, 2.75) is 38.6 Å². The van der Waals surface area contributed by atoms with E-state index in [4.69, 9.17) is 15.5 Å². The molecule has 1 aliphatic heterocycles. The largest absolute Gasteiger partial charge is 0.378 e. The van der Waals surface area contributed by atoms with Crippen LogP contribution >= 0.6 is 0 Å². The van der Waals surface area contributed by atoms with Gasteiger partial charge in [-0.05, 0) is 31.2 Å². The molecular formula is C32H32N8O3. The minimum absolute atomic E-state index is 0.0467. The topological polar surface area (TPSA) is 152 Å². The van der Waals surface area contributed by atoms with Crippen LogP contribution in [-0.4, -0.2) is 62.7 Å². The summed E-state index contributed by atoms with van der Waals surface area (Å²) in [5, 5.41) is 13.2. The first-order valence-electron chi connectivity index (χ1n) is 14.1. The number of aromatic nitrogens is 4. The molecule has 1 aliphatic rings. The van der Waals surface area contributed by atoms with Crippen molar-refractivity contribution in [2.75, 3.05) is 37.4 Å². The van der Waals surface area contributed by atoms with E-state index in [0.29, 0.717) is 72.9 Å². The lowest BCUT2D eigenvalue weighted by Gasteiger charge is -2.26. The maximum Gasteiger partial charge on any atom is 0.267 e. The van der Waals surface area contributed by atoms with Crippen molar-refractivity contribution in [2.24, 2.45) is 0 Å². The smallest absolute Gasteiger partial charge is 0.267 e. The number of hydrogen-bond acceptors (Lipinski definition) is 9. The maximum atomic E-state index is 14.2. The van der Waals surface area contributed by atoms with Gasteiger partial charge in [0, 0.05) is 43.5 Å². The number of rotatable bonds is 7. The number of nitrogens with one attached hydrogen (secondary N) is 1. The van der Waals surface area contributed by atoms with Crippen molar-refractivity contribution in [1.82, 2.24) is 24.4 Å². The average Bonchev–Trinajstić information content (AvgIpc) is 3.03. The lowest BCUT2D eigenvalue weighted by atomic mass is 10.0. The molecule has 2 atom stereocenters. The highest BCUT2D eigenvalue weighted by Crippen LogP contribution is 2.25. The van der Waals surface area contributed by atoms with Crippen LogP contribution in [0.2, 0.25) is 0 Å². The molecule has 4 aromatic rings. The fraction of sp³-hybridized carbons (Fsp3) is 0.312. The third-order valence-electron chi connectivity index (χ3n) is 7.44. The zero-order chi connectivity index (χ0) is 30.3. The highest BCUT2D eigenvalue weighted by molar-refractivity contribution is 5.85. The second-order valence-electron chi connectivity index (χ2n) is 10.3. The third-order valence-corrected chi connectivity index (χ3v) is 7.44. The van der Waals surface area contributed by atoms with Crippen LogP contribution in [0.1, 0.15) is 49.6 Å². The van der Waals surface area contributed by atoms with Crippen molar-refractivity contribution in [3.05, 3.63) is 82.0 Å². The fourth-order valence-electron chi connectivity index (χ4n) is 4.93. The normalized spacial score (nSPS) is 14.3. The van der Waals surface area contributed by atoms with Gasteiger partial charge in [-0.3, -0.25) is 14.2 Å². The lowest BCUT2D eigenvalue weighted by molar-refractivity contribution is -0.135. The first-order chi connectivity index (χ1) is 20.9. The van der Waals surface area contributed by atoms with Crippen LogP contribution in [0.4, 0.5) is 11.8 Å². The Morgan fingerprint density at radius 3 is 2.60 bits per heavy atom. The summed E-state index contributed by atoms with van der Waals surface area (Å²) in [6, 6.07) is 16.5. The quantitative estimate of drug-likeness (QED) is 0.316. The predicted octanol–water partition coefficient (Wildman–Crippen LogP) is 3.22. The van der Waals surface area contributed by atoms with Gasteiger partial charge in [0.1, 0.15) is 23.3 Å². The molecule has 11 nitrogen and oxygen atoms in total. The third kappa shape index (κ3) is 6.48. The number of carbonyl (C=O) groups excluding carboxylic acids is 1. The summed E-state index contributed by atoms with van der Waals surface area (Å²) in [6.07, 6.45) is 2.06. The van der Waals surface area contributed by atoms with Crippen molar-refractivity contribution < 1.29 is 9.53 Å². The Kier molecular flexibility index (Phi) is 8.94. The standard InChI is InChI=1S/C32H32N8O3/c1-21(22(2)36-29-24(19-33)20-35-32(34)38-29)30-37-26-13-8-10-23(9-6-7-14-27(41)39-15-17-43-18-16-39)28(26)31(42)40(30)25-11-4-3-5-12-25/h3-5,8,10-13,20-22H,7,14-18H2,1-2H3,(H3,34,35,36,38). The number of nitrogens with zero attached hydrogens (tertiary/aromatic N) is 6. The number of nitriles is 1. The number of ether oxygens (including phenoxy) is 1. The second-order valence-corrected chi connectivity index (χ2v) is 10.3. The van der Waals surface area contributed by atoms with Crippen molar-refractivity contribution in [3.8, 4) is 23.6 Å². The fourth-order valence-corrected chi connectivity index (χ4v) is 4.93. The van der Waals surface area contributed by atoms with Crippen LogP contribution in [0.15, 0.2) is 59.5 Å². The number of hydrogen-bond donors (Lipinski definition) is 2. The second kappa shape index (κ2) is 13.1. The van der Waals surface area contributed by atoms with Gasteiger partial charge in [0.25, 0.3) is 5.56 Å². The van der Waals surface area contributed by atoms with Crippen LogP contribution in [0.25, 0.3) is 16.6 Å².